The molecule has 0 bridgehead atoms. The summed E-state index contributed by atoms with van der Waals surface area (Å²) in [5.41, 5.74) is 1.96. The first kappa shape index (κ1) is 17.7. The molecule has 3 aromatic rings. The standard InChI is InChI=1S/C21H22ClN5/c22-19-23-20(26-15-9-1-2-10-16-26)25-21(24-19)27(17-11-5-3-6-12-17)18-13-7-4-8-14-18/h3-8,11-14H,1-2,9-10,15-16H2. The molecule has 138 valence electrons. The zero-order chi connectivity index (χ0) is 18.5. The molecular formula is C21H22ClN5. The predicted octanol–water partition coefficient (Wildman–Crippen LogP) is 5.38. The topological polar surface area (TPSA) is 45.2 Å². The second kappa shape index (κ2) is 8.35. The van der Waals surface area contributed by atoms with E-state index >= 15 is 0 Å². The molecule has 0 amide bonds. The van der Waals surface area contributed by atoms with Gasteiger partial charge in [0.2, 0.25) is 17.2 Å². The van der Waals surface area contributed by atoms with Gasteiger partial charge in [-0.15, -0.1) is 0 Å². The Bertz CT molecular complexity index is 825. The van der Waals surface area contributed by atoms with E-state index in [1.54, 1.807) is 0 Å². The van der Waals surface area contributed by atoms with Gasteiger partial charge < -0.3 is 4.90 Å². The van der Waals surface area contributed by atoms with Crippen molar-refractivity contribution in [2.24, 2.45) is 0 Å². The van der Waals surface area contributed by atoms with Gasteiger partial charge in [-0.2, -0.15) is 15.0 Å². The second-order valence-corrected chi connectivity index (χ2v) is 6.95. The molecule has 0 unspecified atom stereocenters. The van der Waals surface area contributed by atoms with Crippen molar-refractivity contribution in [1.29, 1.82) is 0 Å². The van der Waals surface area contributed by atoms with Crippen LogP contribution in [0.5, 0.6) is 0 Å². The van der Waals surface area contributed by atoms with Crippen LogP contribution >= 0.6 is 11.6 Å². The normalized spacial score (nSPS) is 14.6. The molecule has 1 fully saturated rings. The number of aromatic nitrogens is 3. The second-order valence-electron chi connectivity index (χ2n) is 6.61. The Morgan fingerprint density at radius 1 is 0.704 bits per heavy atom. The molecule has 0 saturated carbocycles. The van der Waals surface area contributed by atoms with Crippen LogP contribution in [0.3, 0.4) is 0 Å². The lowest BCUT2D eigenvalue weighted by atomic mass is 10.2. The van der Waals surface area contributed by atoms with Crippen LogP contribution in [0.15, 0.2) is 60.7 Å². The van der Waals surface area contributed by atoms with Gasteiger partial charge in [0.15, 0.2) is 0 Å². The first-order chi connectivity index (χ1) is 13.3. The molecule has 1 saturated heterocycles. The maximum Gasteiger partial charge on any atom is 0.240 e. The largest absolute Gasteiger partial charge is 0.341 e. The fraction of sp³-hybridized carbons (Fsp3) is 0.286. The van der Waals surface area contributed by atoms with Crippen LogP contribution in [0.1, 0.15) is 25.7 Å². The summed E-state index contributed by atoms with van der Waals surface area (Å²) in [6.07, 6.45) is 4.81. The minimum absolute atomic E-state index is 0.219. The van der Waals surface area contributed by atoms with Gasteiger partial charge in [0, 0.05) is 24.5 Å². The first-order valence-electron chi connectivity index (χ1n) is 9.38. The van der Waals surface area contributed by atoms with Gasteiger partial charge in [0.1, 0.15) is 0 Å². The van der Waals surface area contributed by atoms with E-state index in [1.807, 2.05) is 65.6 Å². The Morgan fingerprint density at radius 3 is 1.81 bits per heavy atom. The van der Waals surface area contributed by atoms with Crippen LogP contribution in [0.2, 0.25) is 5.28 Å². The van der Waals surface area contributed by atoms with Crippen molar-refractivity contribution in [2.45, 2.75) is 25.7 Å². The molecular weight excluding hydrogens is 358 g/mol. The van der Waals surface area contributed by atoms with Gasteiger partial charge in [-0.25, -0.2) is 0 Å². The van der Waals surface area contributed by atoms with Crippen LogP contribution in [0.4, 0.5) is 23.3 Å². The molecule has 1 aromatic heterocycles. The minimum Gasteiger partial charge on any atom is -0.341 e. The summed E-state index contributed by atoms with van der Waals surface area (Å²) in [6, 6.07) is 20.2. The van der Waals surface area contributed by atoms with Gasteiger partial charge in [-0.1, -0.05) is 49.2 Å². The van der Waals surface area contributed by atoms with Crippen molar-refractivity contribution in [1.82, 2.24) is 15.0 Å². The van der Waals surface area contributed by atoms with Crippen LogP contribution in [0.25, 0.3) is 0 Å². The van der Waals surface area contributed by atoms with E-state index in [0.29, 0.717) is 11.9 Å². The molecule has 0 atom stereocenters. The average Bonchev–Trinajstić information content (AvgIpc) is 2.99. The van der Waals surface area contributed by atoms with Crippen LogP contribution in [0, 0.1) is 0 Å². The molecule has 27 heavy (non-hydrogen) atoms. The minimum atomic E-state index is 0.219. The summed E-state index contributed by atoms with van der Waals surface area (Å²) >= 11 is 6.31. The van der Waals surface area contributed by atoms with Crippen molar-refractivity contribution in [3.05, 3.63) is 65.9 Å². The summed E-state index contributed by atoms with van der Waals surface area (Å²) < 4.78 is 0. The molecule has 2 aromatic carbocycles. The van der Waals surface area contributed by atoms with Crippen molar-refractivity contribution in [3.8, 4) is 0 Å². The van der Waals surface area contributed by atoms with E-state index < -0.39 is 0 Å². The number of benzene rings is 2. The fourth-order valence-corrected chi connectivity index (χ4v) is 3.53. The molecule has 1 aliphatic rings. The predicted molar refractivity (Wildman–Crippen MR) is 110 cm³/mol. The Labute approximate surface area is 164 Å². The molecule has 1 aliphatic heterocycles. The van der Waals surface area contributed by atoms with Crippen molar-refractivity contribution >= 4 is 34.9 Å². The number of hydrogen-bond donors (Lipinski definition) is 0. The molecule has 5 nitrogen and oxygen atoms in total. The molecule has 4 rings (SSSR count). The Hall–Kier alpha value is -2.66. The number of para-hydroxylation sites is 2. The first-order valence-corrected chi connectivity index (χ1v) is 9.76. The fourth-order valence-electron chi connectivity index (χ4n) is 3.38. The van der Waals surface area contributed by atoms with E-state index in [0.717, 1.165) is 37.3 Å². The van der Waals surface area contributed by atoms with Crippen LogP contribution in [-0.4, -0.2) is 28.0 Å². The Kier molecular flexibility index (Phi) is 5.49. The van der Waals surface area contributed by atoms with Crippen LogP contribution < -0.4 is 9.80 Å². The monoisotopic (exact) mass is 379 g/mol. The van der Waals surface area contributed by atoms with Gasteiger partial charge in [-0.05, 0) is 48.7 Å². The van der Waals surface area contributed by atoms with Gasteiger partial charge in [0.25, 0.3) is 0 Å². The quantitative estimate of drug-likeness (QED) is 0.609. The summed E-state index contributed by atoms with van der Waals surface area (Å²) in [5.74, 6) is 1.19. The summed E-state index contributed by atoms with van der Waals surface area (Å²) in [4.78, 5) is 17.9. The SMILES string of the molecule is Clc1nc(N2CCCCCC2)nc(N(c2ccccc2)c2ccccc2)n1. The van der Waals surface area contributed by atoms with E-state index in [1.165, 1.54) is 12.8 Å². The summed E-state index contributed by atoms with van der Waals surface area (Å²) in [6.45, 7) is 1.91. The third-order valence-electron chi connectivity index (χ3n) is 4.70. The average molecular weight is 380 g/mol. The Balaban J connectivity index is 1.78. The molecule has 0 aliphatic carbocycles. The highest BCUT2D eigenvalue weighted by Gasteiger charge is 2.20. The highest BCUT2D eigenvalue weighted by molar-refractivity contribution is 6.28. The van der Waals surface area contributed by atoms with Crippen LogP contribution in [-0.2, 0) is 0 Å². The summed E-state index contributed by atoms with van der Waals surface area (Å²) in [7, 11) is 0. The zero-order valence-electron chi connectivity index (χ0n) is 15.1. The van der Waals surface area contributed by atoms with E-state index in [-0.39, 0.29) is 5.28 Å². The van der Waals surface area contributed by atoms with Crippen molar-refractivity contribution in [2.75, 3.05) is 22.9 Å². The summed E-state index contributed by atoms with van der Waals surface area (Å²) in [5, 5.41) is 0.219. The van der Waals surface area contributed by atoms with E-state index in [2.05, 4.69) is 14.9 Å². The maximum absolute atomic E-state index is 6.31. The lowest BCUT2D eigenvalue weighted by Gasteiger charge is -2.25. The van der Waals surface area contributed by atoms with Crippen molar-refractivity contribution < 1.29 is 0 Å². The number of hydrogen-bond acceptors (Lipinski definition) is 5. The zero-order valence-corrected chi connectivity index (χ0v) is 15.9. The molecule has 0 N–H and O–H groups in total. The van der Waals surface area contributed by atoms with E-state index in [9.17, 15) is 0 Å². The smallest absolute Gasteiger partial charge is 0.240 e. The van der Waals surface area contributed by atoms with Gasteiger partial charge in [0.05, 0.1) is 0 Å². The molecule has 2 heterocycles. The third-order valence-corrected chi connectivity index (χ3v) is 4.87. The number of nitrogens with zero attached hydrogens (tertiary/aromatic N) is 5. The number of rotatable bonds is 4. The number of anilines is 4. The lowest BCUT2D eigenvalue weighted by Crippen LogP contribution is -2.27. The third kappa shape index (κ3) is 4.19. The molecule has 0 spiro atoms. The highest BCUT2D eigenvalue weighted by atomic mass is 35.5. The van der Waals surface area contributed by atoms with E-state index in [4.69, 9.17) is 16.6 Å². The van der Waals surface area contributed by atoms with Gasteiger partial charge >= 0.3 is 0 Å². The van der Waals surface area contributed by atoms with Crippen molar-refractivity contribution in [3.63, 3.8) is 0 Å². The molecule has 6 heteroatoms. The lowest BCUT2D eigenvalue weighted by molar-refractivity contribution is 0.726. The molecule has 0 radical (unpaired) electrons. The maximum atomic E-state index is 6.31. The Morgan fingerprint density at radius 2 is 1.26 bits per heavy atom. The van der Waals surface area contributed by atoms with Gasteiger partial charge in [-0.3, -0.25) is 4.90 Å². The highest BCUT2D eigenvalue weighted by Crippen LogP contribution is 2.33. The number of halogens is 1.